The van der Waals surface area contributed by atoms with Gasteiger partial charge in [0.2, 0.25) is 5.13 Å². The molecule has 1 aliphatic rings. The molecule has 5 nitrogen and oxygen atoms in total. The first-order valence-corrected chi connectivity index (χ1v) is 8.94. The van der Waals surface area contributed by atoms with Crippen molar-refractivity contribution in [2.75, 3.05) is 32.1 Å². The van der Waals surface area contributed by atoms with Crippen LogP contribution in [0.15, 0.2) is 24.3 Å². The van der Waals surface area contributed by atoms with E-state index in [1.807, 2.05) is 19.1 Å². The molecule has 3 rings (SSSR count). The van der Waals surface area contributed by atoms with Gasteiger partial charge in [-0.1, -0.05) is 23.5 Å². The lowest BCUT2D eigenvalue weighted by Crippen LogP contribution is -2.35. The molecule has 0 unspecified atom stereocenters. The van der Waals surface area contributed by atoms with Crippen LogP contribution < -0.4 is 10.1 Å². The minimum atomic E-state index is 0.728. The van der Waals surface area contributed by atoms with E-state index in [4.69, 9.17) is 4.74 Å². The van der Waals surface area contributed by atoms with Crippen molar-refractivity contribution in [3.8, 4) is 5.75 Å². The normalized spacial score (nSPS) is 16.4. The first-order valence-electron chi connectivity index (χ1n) is 8.12. The predicted octanol–water partition coefficient (Wildman–Crippen LogP) is 3.18. The summed E-state index contributed by atoms with van der Waals surface area (Å²) in [4.78, 5) is 2.54. The number of aromatic nitrogens is 2. The number of nitrogens with one attached hydrogen (secondary N) is 1. The quantitative estimate of drug-likeness (QED) is 0.880. The SMILES string of the molecule is COc1ccc(CN2CCC(CNc3nnc(C)s3)CC2)cc1. The number of rotatable bonds is 6. The Bertz CT molecular complexity index is 605. The van der Waals surface area contributed by atoms with Crippen LogP contribution in [0.1, 0.15) is 23.4 Å². The van der Waals surface area contributed by atoms with Gasteiger partial charge in [-0.15, -0.1) is 10.2 Å². The lowest BCUT2D eigenvalue weighted by molar-refractivity contribution is 0.182. The lowest BCUT2D eigenvalue weighted by Gasteiger charge is -2.32. The third kappa shape index (κ3) is 4.65. The van der Waals surface area contributed by atoms with Crippen LogP contribution in [0.3, 0.4) is 0 Å². The molecular weight excluding hydrogens is 308 g/mol. The number of anilines is 1. The van der Waals surface area contributed by atoms with Crippen molar-refractivity contribution in [3.05, 3.63) is 34.8 Å². The number of nitrogens with zero attached hydrogens (tertiary/aromatic N) is 3. The molecule has 0 saturated carbocycles. The molecule has 0 radical (unpaired) electrons. The molecule has 1 saturated heterocycles. The van der Waals surface area contributed by atoms with E-state index >= 15 is 0 Å². The average molecular weight is 332 g/mol. The largest absolute Gasteiger partial charge is 0.497 e. The summed E-state index contributed by atoms with van der Waals surface area (Å²) < 4.78 is 5.21. The molecule has 1 aromatic heterocycles. The van der Waals surface area contributed by atoms with E-state index in [9.17, 15) is 0 Å². The average Bonchev–Trinajstić information content (AvgIpc) is 3.00. The van der Waals surface area contributed by atoms with Crippen molar-refractivity contribution < 1.29 is 4.74 Å². The maximum absolute atomic E-state index is 5.21. The van der Waals surface area contributed by atoms with Gasteiger partial charge in [-0.3, -0.25) is 4.90 Å². The van der Waals surface area contributed by atoms with E-state index in [1.165, 1.54) is 18.4 Å². The number of likely N-dealkylation sites (tertiary alicyclic amines) is 1. The number of methoxy groups -OCH3 is 1. The van der Waals surface area contributed by atoms with E-state index in [0.717, 1.165) is 48.0 Å². The van der Waals surface area contributed by atoms with Crippen molar-refractivity contribution in [1.29, 1.82) is 0 Å². The first-order chi connectivity index (χ1) is 11.2. The molecule has 0 atom stereocenters. The third-order valence-electron chi connectivity index (χ3n) is 4.34. The smallest absolute Gasteiger partial charge is 0.205 e. The number of hydrogen-bond donors (Lipinski definition) is 1. The van der Waals surface area contributed by atoms with Gasteiger partial charge in [-0.2, -0.15) is 0 Å². The summed E-state index contributed by atoms with van der Waals surface area (Å²) in [5, 5.41) is 13.6. The Balaban J connectivity index is 1.41. The van der Waals surface area contributed by atoms with Gasteiger partial charge in [-0.25, -0.2) is 0 Å². The van der Waals surface area contributed by atoms with Crippen molar-refractivity contribution in [2.45, 2.75) is 26.3 Å². The van der Waals surface area contributed by atoms with Gasteiger partial charge in [0.1, 0.15) is 10.8 Å². The first kappa shape index (κ1) is 16.2. The lowest BCUT2D eigenvalue weighted by atomic mass is 9.96. The maximum Gasteiger partial charge on any atom is 0.205 e. The molecule has 1 N–H and O–H groups in total. The fraction of sp³-hybridized carbons (Fsp3) is 0.529. The fourth-order valence-electron chi connectivity index (χ4n) is 2.94. The van der Waals surface area contributed by atoms with Gasteiger partial charge in [0.15, 0.2) is 0 Å². The number of benzene rings is 1. The van der Waals surface area contributed by atoms with Crippen LogP contribution in [0, 0.1) is 12.8 Å². The Hall–Kier alpha value is -1.66. The monoisotopic (exact) mass is 332 g/mol. The van der Waals surface area contributed by atoms with E-state index in [1.54, 1.807) is 18.4 Å². The molecule has 6 heteroatoms. The van der Waals surface area contributed by atoms with Gasteiger partial charge >= 0.3 is 0 Å². The molecule has 1 aromatic carbocycles. The van der Waals surface area contributed by atoms with Crippen molar-refractivity contribution in [1.82, 2.24) is 15.1 Å². The van der Waals surface area contributed by atoms with E-state index in [0.29, 0.717) is 0 Å². The van der Waals surface area contributed by atoms with Gasteiger partial charge in [0.05, 0.1) is 7.11 Å². The predicted molar refractivity (Wildman–Crippen MR) is 94.1 cm³/mol. The molecule has 0 spiro atoms. The minimum absolute atomic E-state index is 0.728. The molecule has 124 valence electrons. The molecule has 0 aliphatic carbocycles. The zero-order valence-electron chi connectivity index (χ0n) is 13.8. The highest BCUT2D eigenvalue weighted by Gasteiger charge is 2.19. The van der Waals surface area contributed by atoms with Crippen LogP contribution in [0.2, 0.25) is 0 Å². The molecular formula is C17H24N4OS. The highest BCUT2D eigenvalue weighted by Crippen LogP contribution is 2.21. The van der Waals surface area contributed by atoms with Crippen LogP contribution in [0.25, 0.3) is 0 Å². The van der Waals surface area contributed by atoms with Crippen LogP contribution in [0.5, 0.6) is 5.75 Å². The summed E-state index contributed by atoms with van der Waals surface area (Å²) in [6, 6.07) is 8.39. The summed E-state index contributed by atoms with van der Waals surface area (Å²) in [6.07, 6.45) is 2.47. The van der Waals surface area contributed by atoms with Crippen LogP contribution in [-0.2, 0) is 6.54 Å². The second-order valence-electron chi connectivity index (χ2n) is 6.07. The highest BCUT2D eigenvalue weighted by atomic mass is 32.1. The summed E-state index contributed by atoms with van der Waals surface area (Å²) >= 11 is 1.63. The standard InChI is InChI=1S/C17H24N4OS/c1-13-19-20-17(23-13)18-11-14-7-9-21(10-8-14)12-15-3-5-16(22-2)6-4-15/h3-6,14H,7-12H2,1-2H3,(H,18,20). The van der Waals surface area contributed by atoms with Crippen molar-refractivity contribution in [2.24, 2.45) is 5.92 Å². The topological polar surface area (TPSA) is 50.3 Å². The fourth-order valence-corrected chi connectivity index (χ4v) is 3.54. The second kappa shape index (κ2) is 7.75. The Kier molecular flexibility index (Phi) is 5.46. The summed E-state index contributed by atoms with van der Waals surface area (Å²) in [6.45, 7) is 6.34. The third-order valence-corrected chi connectivity index (χ3v) is 5.14. The van der Waals surface area contributed by atoms with E-state index < -0.39 is 0 Å². The van der Waals surface area contributed by atoms with Crippen LogP contribution >= 0.6 is 11.3 Å². The molecule has 0 bridgehead atoms. The molecule has 1 aliphatic heterocycles. The maximum atomic E-state index is 5.21. The zero-order chi connectivity index (χ0) is 16.1. The minimum Gasteiger partial charge on any atom is -0.497 e. The summed E-state index contributed by atoms with van der Waals surface area (Å²) in [5.74, 6) is 1.65. The molecule has 0 amide bonds. The van der Waals surface area contributed by atoms with Gasteiger partial charge in [0.25, 0.3) is 0 Å². The summed E-state index contributed by atoms with van der Waals surface area (Å²) in [5.41, 5.74) is 1.35. The van der Waals surface area contributed by atoms with Crippen molar-refractivity contribution in [3.63, 3.8) is 0 Å². The van der Waals surface area contributed by atoms with E-state index in [-0.39, 0.29) is 0 Å². The molecule has 2 heterocycles. The van der Waals surface area contributed by atoms with Crippen LogP contribution in [-0.4, -0.2) is 41.8 Å². The van der Waals surface area contributed by atoms with E-state index in [2.05, 4.69) is 32.5 Å². The van der Waals surface area contributed by atoms with Gasteiger partial charge in [0, 0.05) is 13.1 Å². The Labute approximate surface area is 141 Å². The number of ether oxygens (including phenoxy) is 1. The number of piperidine rings is 1. The highest BCUT2D eigenvalue weighted by molar-refractivity contribution is 7.15. The van der Waals surface area contributed by atoms with Crippen LogP contribution in [0.4, 0.5) is 5.13 Å². The molecule has 2 aromatic rings. The number of hydrogen-bond acceptors (Lipinski definition) is 6. The van der Waals surface area contributed by atoms with Crippen molar-refractivity contribution >= 4 is 16.5 Å². The summed E-state index contributed by atoms with van der Waals surface area (Å²) in [7, 11) is 1.71. The second-order valence-corrected chi connectivity index (χ2v) is 7.26. The van der Waals surface area contributed by atoms with Gasteiger partial charge in [-0.05, 0) is 56.5 Å². The Morgan fingerprint density at radius 3 is 2.57 bits per heavy atom. The zero-order valence-corrected chi connectivity index (χ0v) is 14.6. The molecule has 1 fully saturated rings. The Morgan fingerprint density at radius 1 is 1.22 bits per heavy atom. The van der Waals surface area contributed by atoms with Gasteiger partial charge < -0.3 is 10.1 Å². The Morgan fingerprint density at radius 2 is 1.96 bits per heavy atom. The number of aryl methyl sites for hydroxylation is 1. The molecule has 23 heavy (non-hydrogen) atoms.